The molecule has 0 radical (unpaired) electrons. The summed E-state index contributed by atoms with van der Waals surface area (Å²) < 4.78 is 0. The van der Waals surface area contributed by atoms with Crippen LogP contribution in [-0.4, -0.2) is 64.3 Å². The van der Waals surface area contributed by atoms with Crippen LogP contribution >= 0.6 is 11.3 Å². The van der Waals surface area contributed by atoms with Crippen LogP contribution in [0.4, 0.5) is 16.6 Å². The summed E-state index contributed by atoms with van der Waals surface area (Å²) in [6.45, 7) is 8.93. The summed E-state index contributed by atoms with van der Waals surface area (Å²) in [6, 6.07) is 10.8. The van der Waals surface area contributed by atoms with E-state index in [2.05, 4.69) is 35.5 Å². The summed E-state index contributed by atoms with van der Waals surface area (Å²) in [5.74, 6) is 0.895. The first-order valence-electron chi connectivity index (χ1n) is 10.3. The molecule has 0 bridgehead atoms. The van der Waals surface area contributed by atoms with E-state index in [0.717, 1.165) is 36.0 Å². The molecule has 1 saturated heterocycles. The summed E-state index contributed by atoms with van der Waals surface area (Å²) >= 11 is 1.41. The van der Waals surface area contributed by atoms with E-state index in [1.807, 2.05) is 43.3 Å². The number of rotatable bonds is 8. The van der Waals surface area contributed by atoms with Crippen LogP contribution < -0.4 is 10.2 Å². The van der Waals surface area contributed by atoms with E-state index >= 15 is 0 Å². The highest BCUT2D eigenvalue weighted by Crippen LogP contribution is 2.27. The van der Waals surface area contributed by atoms with E-state index in [9.17, 15) is 4.79 Å². The average molecular weight is 449 g/mol. The van der Waals surface area contributed by atoms with Gasteiger partial charge >= 0.3 is 0 Å². The quantitative estimate of drug-likeness (QED) is 0.526. The number of carbonyl (C=O) groups is 1. The topological polar surface area (TPSA) is 91.5 Å². The number of carbonyl (C=O) groups excluding carboxylic acids is 1. The van der Waals surface area contributed by atoms with Crippen molar-refractivity contribution in [3.8, 4) is 0 Å². The van der Waals surface area contributed by atoms with E-state index in [0.29, 0.717) is 10.7 Å². The third-order valence-electron chi connectivity index (χ3n) is 5.33. The summed E-state index contributed by atoms with van der Waals surface area (Å²) in [5, 5.41) is 21.4. The molecule has 2 aromatic heterocycles. The first-order chi connectivity index (χ1) is 15.5. The van der Waals surface area contributed by atoms with Gasteiger partial charge in [0.2, 0.25) is 5.13 Å². The predicted molar refractivity (Wildman–Crippen MR) is 124 cm³/mol. The van der Waals surface area contributed by atoms with Crippen molar-refractivity contribution in [3.63, 3.8) is 0 Å². The van der Waals surface area contributed by atoms with Gasteiger partial charge in [-0.15, -0.1) is 15.3 Å². The van der Waals surface area contributed by atoms with Gasteiger partial charge in [-0.05, 0) is 38.2 Å². The molecule has 10 heteroatoms. The third kappa shape index (κ3) is 5.07. The number of Topliss-reactive ketones (excluding diaryl/α,β-unsaturated/α-hetero) is 1. The Bertz CT molecular complexity index is 1110. The van der Waals surface area contributed by atoms with Gasteiger partial charge in [0, 0.05) is 25.3 Å². The van der Waals surface area contributed by atoms with Crippen molar-refractivity contribution in [2.45, 2.75) is 24.9 Å². The molecule has 0 saturated carbocycles. The third-order valence-corrected chi connectivity index (χ3v) is 6.18. The molecule has 1 aliphatic rings. The molecule has 1 aromatic carbocycles. The second-order valence-corrected chi connectivity index (χ2v) is 8.94. The molecule has 0 aliphatic carbocycles. The SMILES string of the molecule is [C-]#[N+]c1cccc([C@@H](C(=O)Cc2nnc(N[C@@H]3CCN(c4cccnn4)C3)s2)N(C)C)c1. The van der Waals surface area contributed by atoms with Gasteiger partial charge in [-0.25, -0.2) is 4.85 Å². The number of nitrogens with zero attached hydrogens (tertiary/aromatic N) is 7. The van der Waals surface area contributed by atoms with Gasteiger partial charge in [0.25, 0.3) is 0 Å². The van der Waals surface area contributed by atoms with Crippen molar-refractivity contribution in [2.24, 2.45) is 0 Å². The maximum atomic E-state index is 13.1. The number of likely N-dealkylation sites (N-methyl/N-ethyl adjacent to an activating group) is 1. The Labute approximate surface area is 190 Å². The van der Waals surface area contributed by atoms with Crippen molar-refractivity contribution in [3.05, 3.63) is 64.6 Å². The van der Waals surface area contributed by atoms with Crippen LogP contribution in [0.15, 0.2) is 42.6 Å². The Kier molecular flexibility index (Phi) is 6.68. The second-order valence-electron chi connectivity index (χ2n) is 7.87. The molecule has 1 aliphatic heterocycles. The maximum Gasteiger partial charge on any atom is 0.205 e. The van der Waals surface area contributed by atoms with Crippen LogP contribution in [0.2, 0.25) is 0 Å². The van der Waals surface area contributed by atoms with Gasteiger partial charge in [-0.3, -0.25) is 9.69 Å². The molecule has 9 nitrogen and oxygen atoms in total. The first kappa shape index (κ1) is 21.8. The van der Waals surface area contributed by atoms with Gasteiger partial charge in [0.05, 0.1) is 19.0 Å². The van der Waals surface area contributed by atoms with Gasteiger partial charge < -0.3 is 10.2 Å². The van der Waals surface area contributed by atoms with E-state index in [1.165, 1.54) is 11.3 Å². The fourth-order valence-corrected chi connectivity index (χ4v) is 4.71. The van der Waals surface area contributed by atoms with Crippen molar-refractivity contribution in [1.29, 1.82) is 0 Å². The molecule has 3 aromatic rings. The smallest absolute Gasteiger partial charge is 0.205 e. The Morgan fingerprint density at radius 2 is 2.19 bits per heavy atom. The maximum absolute atomic E-state index is 13.1. The highest BCUT2D eigenvalue weighted by Gasteiger charge is 2.26. The van der Waals surface area contributed by atoms with Crippen LogP contribution in [-0.2, 0) is 11.2 Å². The first-order valence-corrected chi connectivity index (χ1v) is 11.1. The van der Waals surface area contributed by atoms with Crippen LogP contribution in [0.5, 0.6) is 0 Å². The lowest BCUT2D eigenvalue weighted by Crippen LogP contribution is -2.28. The van der Waals surface area contributed by atoms with Gasteiger partial charge in [0.1, 0.15) is 5.01 Å². The molecule has 3 heterocycles. The molecule has 164 valence electrons. The van der Waals surface area contributed by atoms with Crippen LogP contribution in [0.25, 0.3) is 4.85 Å². The van der Waals surface area contributed by atoms with Crippen LogP contribution in [0, 0.1) is 6.57 Å². The molecular formula is C22H24N8OS. The van der Waals surface area contributed by atoms with E-state index in [4.69, 9.17) is 6.57 Å². The fourth-order valence-electron chi connectivity index (χ4n) is 3.89. The van der Waals surface area contributed by atoms with Gasteiger partial charge in [-0.2, -0.15) is 5.10 Å². The molecule has 0 unspecified atom stereocenters. The van der Waals surface area contributed by atoms with Gasteiger partial charge in [-0.1, -0.05) is 35.6 Å². The number of hydrogen-bond acceptors (Lipinski definition) is 9. The van der Waals surface area contributed by atoms with E-state index < -0.39 is 6.04 Å². The van der Waals surface area contributed by atoms with Crippen molar-refractivity contribution >= 4 is 33.8 Å². The molecule has 2 atom stereocenters. The average Bonchev–Trinajstić information content (AvgIpc) is 3.44. The Morgan fingerprint density at radius 1 is 1.31 bits per heavy atom. The van der Waals surface area contributed by atoms with Crippen molar-refractivity contribution in [2.75, 3.05) is 37.4 Å². The van der Waals surface area contributed by atoms with Crippen LogP contribution in [0.1, 0.15) is 23.0 Å². The molecular weight excluding hydrogens is 424 g/mol. The zero-order chi connectivity index (χ0) is 22.5. The largest absolute Gasteiger partial charge is 0.355 e. The summed E-state index contributed by atoms with van der Waals surface area (Å²) in [7, 11) is 3.73. The number of aromatic nitrogens is 4. The fraction of sp³-hybridized carbons (Fsp3) is 0.364. The Morgan fingerprint density at radius 3 is 2.94 bits per heavy atom. The van der Waals surface area contributed by atoms with Crippen LogP contribution in [0.3, 0.4) is 0 Å². The zero-order valence-electron chi connectivity index (χ0n) is 18.0. The van der Waals surface area contributed by atoms with E-state index in [1.54, 1.807) is 18.3 Å². The lowest BCUT2D eigenvalue weighted by Gasteiger charge is -2.23. The number of benzene rings is 1. The zero-order valence-corrected chi connectivity index (χ0v) is 18.8. The molecule has 1 N–H and O–H groups in total. The minimum Gasteiger partial charge on any atom is -0.355 e. The molecule has 32 heavy (non-hydrogen) atoms. The normalized spacial score (nSPS) is 16.7. The predicted octanol–water partition coefficient (Wildman–Crippen LogP) is 2.98. The Balaban J connectivity index is 1.38. The van der Waals surface area contributed by atoms with E-state index in [-0.39, 0.29) is 18.2 Å². The van der Waals surface area contributed by atoms with Crippen molar-refractivity contribution in [1.82, 2.24) is 25.3 Å². The summed E-state index contributed by atoms with van der Waals surface area (Å²) in [4.78, 5) is 20.6. The Hall–Kier alpha value is -3.42. The number of hydrogen-bond donors (Lipinski definition) is 1. The van der Waals surface area contributed by atoms with Crippen molar-refractivity contribution < 1.29 is 4.79 Å². The number of nitrogens with one attached hydrogen (secondary N) is 1. The van der Waals surface area contributed by atoms with Gasteiger partial charge in [0.15, 0.2) is 17.3 Å². The molecule has 1 fully saturated rings. The molecule has 0 spiro atoms. The standard InChI is InChI=1S/C22H24N8OS/c1-23-16-7-4-6-15(12-16)21(29(2)3)18(31)13-20-27-28-22(32-20)25-17-9-11-30(14-17)19-8-5-10-24-26-19/h4-8,10,12,17,21H,9,11,13-14H2,2-3H3,(H,25,28)/t17-,21+/m1/s1. The minimum atomic E-state index is -0.438. The lowest BCUT2D eigenvalue weighted by molar-refractivity contribution is -0.123. The number of ketones is 1. The lowest BCUT2D eigenvalue weighted by atomic mass is 9.99. The second kappa shape index (κ2) is 9.80. The summed E-state index contributed by atoms with van der Waals surface area (Å²) in [5.41, 5.74) is 1.34. The highest BCUT2D eigenvalue weighted by atomic mass is 32.1. The molecule has 0 amide bonds. The summed E-state index contributed by atoms with van der Waals surface area (Å²) in [6.07, 6.45) is 2.83. The minimum absolute atomic E-state index is 0.0227. The number of anilines is 2. The molecule has 4 rings (SSSR count). The monoisotopic (exact) mass is 448 g/mol. The highest BCUT2D eigenvalue weighted by molar-refractivity contribution is 7.15.